The van der Waals surface area contributed by atoms with Gasteiger partial charge in [0.2, 0.25) is 5.90 Å². The van der Waals surface area contributed by atoms with Crippen LogP contribution in [0.1, 0.15) is 36.6 Å². The summed E-state index contributed by atoms with van der Waals surface area (Å²) in [5, 5.41) is 14.3. The average molecular weight is 360 g/mol. The number of aliphatic imine (C=N–C) groups is 1. The first-order chi connectivity index (χ1) is 12.4. The first-order valence-corrected chi connectivity index (χ1v) is 8.40. The predicted molar refractivity (Wildman–Crippen MR) is 100 cm³/mol. The second-order valence-corrected chi connectivity index (χ2v) is 5.91. The summed E-state index contributed by atoms with van der Waals surface area (Å²) in [5.41, 5.74) is 9.37. The van der Waals surface area contributed by atoms with E-state index in [0.29, 0.717) is 34.7 Å². The zero-order valence-electron chi connectivity index (χ0n) is 15.5. The van der Waals surface area contributed by atoms with Crippen molar-refractivity contribution in [1.82, 2.24) is 9.78 Å². The van der Waals surface area contributed by atoms with Crippen molar-refractivity contribution in [3.63, 3.8) is 0 Å². The van der Waals surface area contributed by atoms with Crippen LogP contribution in [0, 0.1) is 5.82 Å². The molecule has 2 rings (SSSR count). The summed E-state index contributed by atoms with van der Waals surface area (Å²) in [7, 11) is 3.13. The van der Waals surface area contributed by atoms with E-state index >= 15 is 0 Å². The van der Waals surface area contributed by atoms with E-state index in [4.69, 9.17) is 10.5 Å². The number of halogens is 1. The molecule has 1 atom stereocenters. The molecule has 0 fully saturated rings. The van der Waals surface area contributed by atoms with Crippen LogP contribution in [0.5, 0.6) is 0 Å². The van der Waals surface area contributed by atoms with Crippen LogP contribution in [0.4, 0.5) is 4.39 Å². The van der Waals surface area contributed by atoms with Crippen LogP contribution in [-0.4, -0.2) is 34.9 Å². The summed E-state index contributed by atoms with van der Waals surface area (Å²) < 4.78 is 20.8. The highest BCUT2D eigenvalue weighted by atomic mass is 19.1. The predicted octanol–water partition coefficient (Wildman–Crippen LogP) is 2.68. The van der Waals surface area contributed by atoms with Gasteiger partial charge in [0.1, 0.15) is 5.82 Å². The van der Waals surface area contributed by atoms with Crippen LogP contribution in [0.15, 0.2) is 41.2 Å². The molecule has 0 saturated carbocycles. The Labute approximate surface area is 152 Å². The lowest BCUT2D eigenvalue weighted by Gasteiger charge is -2.17. The van der Waals surface area contributed by atoms with E-state index in [-0.39, 0.29) is 0 Å². The maximum absolute atomic E-state index is 13.6. The van der Waals surface area contributed by atoms with E-state index in [1.807, 2.05) is 17.8 Å². The number of nitrogens with two attached hydrogens (primary N) is 1. The van der Waals surface area contributed by atoms with Gasteiger partial charge in [-0.15, -0.1) is 0 Å². The van der Waals surface area contributed by atoms with Crippen LogP contribution in [0.3, 0.4) is 0 Å². The molecule has 140 valence electrons. The van der Waals surface area contributed by atoms with Gasteiger partial charge in [0.25, 0.3) is 0 Å². The van der Waals surface area contributed by atoms with E-state index in [9.17, 15) is 9.50 Å². The van der Waals surface area contributed by atoms with Gasteiger partial charge in [-0.3, -0.25) is 9.67 Å². The van der Waals surface area contributed by atoms with E-state index in [2.05, 4.69) is 10.1 Å². The molecule has 1 aromatic carbocycles. The van der Waals surface area contributed by atoms with E-state index in [1.54, 1.807) is 26.2 Å². The van der Waals surface area contributed by atoms with Crippen molar-refractivity contribution in [3.05, 3.63) is 58.7 Å². The molecule has 0 bridgehead atoms. The minimum absolute atomic E-state index is 0.382. The van der Waals surface area contributed by atoms with Gasteiger partial charge in [-0.05, 0) is 43.2 Å². The van der Waals surface area contributed by atoms with Crippen LogP contribution in [0.25, 0.3) is 5.70 Å². The largest absolute Gasteiger partial charge is 0.481 e. The number of methoxy groups -OCH3 is 1. The van der Waals surface area contributed by atoms with Gasteiger partial charge in [0.05, 0.1) is 19.4 Å². The second-order valence-electron chi connectivity index (χ2n) is 5.91. The third-order valence-electron chi connectivity index (χ3n) is 4.13. The normalized spacial score (nSPS) is 14.2. The summed E-state index contributed by atoms with van der Waals surface area (Å²) in [6, 6.07) is 4.16. The first kappa shape index (κ1) is 19.7. The lowest BCUT2D eigenvalue weighted by atomic mass is 9.95. The Balaban J connectivity index is 2.59. The van der Waals surface area contributed by atoms with Gasteiger partial charge >= 0.3 is 0 Å². The molecule has 6 nitrogen and oxygen atoms in total. The fourth-order valence-electron chi connectivity index (χ4n) is 2.80. The number of benzene rings is 1. The van der Waals surface area contributed by atoms with E-state index in [0.717, 1.165) is 12.1 Å². The molecular formula is C19H25FN4O2. The van der Waals surface area contributed by atoms with Gasteiger partial charge in [-0.25, -0.2) is 4.39 Å². The molecule has 0 unspecified atom stereocenters. The van der Waals surface area contributed by atoms with Crippen molar-refractivity contribution in [2.45, 2.75) is 32.9 Å². The quantitative estimate of drug-likeness (QED) is 0.613. The summed E-state index contributed by atoms with van der Waals surface area (Å²) in [5.74, 6) is -0.0491. The molecule has 0 amide bonds. The van der Waals surface area contributed by atoms with Crippen LogP contribution < -0.4 is 5.73 Å². The van der Waals surface area contributed by atoms with Crippen molar-refractivity contribution in [2.75, 3.05) is 14.2 Å². The molecule has 0 aliphatic rings. The second kappa shape index (κ2) is 8.62. The highest BCUT2D eigenvalue weighted by molar-refractivity contribution is 6.01. The average Bonchev–Trinajstić information content (AvgIpc) is 3.09. The molecule has 7 heteroatoms. The maximum Gasteiger partial charge on any atom is 0.213 e. The minimum Gasteiger partial charge on any atom is -0.481 e. The number of aliphatic hydroxyl groups excluding tert-OH is 1. The highest BCUT2D eigenvalue weighted by Gasteiger charge is 2.19. The molecule has 3 N–H and O–H groups in total. The molecule has 0 saturated heterocycles. The van der Waals surface area contributed by atoms with Gasteiger partial charge in [0, 0.05) is 43.0 Å². The molecule has 0 radical (unpaired) electrons. The zero-order chi connectivity index (χ0) is 19.3. The molecule has 1 aromatic heterocycles. The Morgan fingerprint density at radius 3 is 2.73 bits per heavy atom. The fourth-order valence-corrected chi connectivity index (χ4v) is 2.80. The first-order valence-electron chi connectivity index (χ1n) is 8.40. The molecule has 0 spiro atoms. The summed E-state index contributed by atoms with van der Waals surface area (Å²) in [6.45, 7) is 4.34. The van der Waals surface area contributed by atoms with Crippen molar-refractivity contribution < 1.29 is 14.2 Å². The molecule has 26 heavy (non-hydrogen) atoms. The van der Waals surface area contributed by atoms with Gasteiger partial charge < -0.3 is 15.6 Å². The van der Waals surface area contributed by atoms with Crippen LogP contribution >= 0.6 is 0 Å². The molecular weight excluding hydrogens is 335 g/mol. The number of aryl methyl sites for hydroxylation is 1. The number of rotatable bonds is 6. The number of aromatic nitrogens is 2. The lowest BCUT2D eigenvalue weighted by Crippen LogP contribution is -2.16. The van der Waals surface area contributed by atoms with E-state index in [1.165, 1.54) is 19.2 Å². The Bertz CT molecular complexity index is 825. The topological polar surface area (TPSA) is 85.7 Å². The molecule has 1 heterocycles. The lowest BCUT2D eigenvalue weighted by molar-refractivity contribution is 0.198. The Morgan fingerprint density at radius 1 is 1.46 bits per heavy atom. The molecule has 0 aliphatic carbocycles. The number of hydrogen-bond donors (Lipinski definition) is 2. The Hall–Kier alpha value is -2.67. The Kier molecular flexibility index (Phi) is 6.52. The van der Waals surface area contributed by atoms with Crippen molar-refractivity contribution in [2.24, 2.45) is 10.7 Å². The number of hydrogen-bond acceptors (Lipinski definition) is 5. The SMILES string of the molecule is CCn1cc(CC(C(=NC)OC)=C(N)c2ccc(F)cc2[C@@H](C)O)cn1. The summed E-state index contributed by atoms with van der Waals surface area (Å²) in [6.07, 6.45) is 3.27. The molecule has 2 aromatic rings. The van der Waals surface area contributed by atoms with E-state index < -0.39 is 11.9 Å². The summed E-state index contributed by atoms with van der Waals surface area (Å²) >= 11 is 0. The third kappa shape index (κ3) is 4.29. The van der Waals surface area contributed by atoms with Crippen molar-refractivity contribution in [3.8, 4) is 0 Å². The van der Waals surface area contributed by atoms with Crippen LogP contribution in [-0.2, 0) is 17.7 Å². The van der Waals surface area contributed by atoms with Crippen molar-refractivity contribution >= 4 is 11.6 Å². The highest BCUT2D eigenvalue weighted by Crippen LogP contribution is 2.27. The standard InChI is InChI=1S/C19H25FN4O2/c1-5-24-11-13(10-23-24)8-17(19(22-3)26-4)18(21)15-7-6-14(20)9-16(15)12(2)25/h6-7,9-12,25H,5,8,21H2,1-4H3/t12-/m1/s1. The molecule has 0 aliphatic heterocycles. The Morgan fingerprint density at radius 2 is 2.19 bits per heavy atom. The minimum atomic E-state index is -0.868. The van der Waals surface area contributed by atoms with Gasteiger partial charge in [-0.1, -0.05) is 0 Å². The summed E-state index contributed by atoms with van der Waals surface area (Å²) in [4.78, 5) is 4.16. The number of nitrogens with zero attached hydrogens (tertiary/aromatic N) is 3. The smallest absolute Gasteiger partial charge is 0.213 e. The monoisotopic (exact) mass is 360 g/mol. The number of ether oxygens (including phenoxy) is 1. The zero-order valence-corrected chi connectivity index (χ0v) is 15.5. The van der Waals surface area contributed by atoms with Gasteiger partial charge in [-0.2, -0.15) is 5.10 Å². The third-order valence-corrected chi connectivity index (χ3v) is 4.13. The van der Waals surface area contributed by atoms with Gasteiger partial charge in [0.15, 0.2) is 0 Å². The fraction of sp³-hybridized carbons (Fsp3) is 0.368. The van der Waals surface area contributed by atoms with Crippen molar-refractivity contribution in [1.29, 1.82) is 0 Å². The van der Waals surface area contributed by atoms with Crippen LogP contribution in [0.2, 0.25) is 0 Å². The maximum atomic E-state index is 13.6. The number of aliphatic hydroxyl groups is 1.